The first kappa shape index (κ1) is 13.7. The van der Waals surface area contributed by atoms with Gasteiger partial charge in [-0.2, -0.15) is 0 Å². The number of fused-ring (bicyclic) bond motifs is 1. The summed E-state index contributed by atoms with van der Waals surface area (Å²) in [6.07, 6.45) is 4.15. The van der Waals surface area contributed by atoms with Crippen LogP contribution in [0.5, 0.6) is 0 Å². The second-order valence-electron chi connectivity index (χ2n) is 4.53. The number of benzene rings is 1. The molecule has 0 aliphatic carbocycles. The fourth-order valence-electron chi connectivity index (χ4n) is 2.57. The molecular weight excluding hydrogens is 265 g/mol. The highest BCUT2D eigenvalue weighted by atomic mass is 35.5. The Morgan fingerprint density at radius 2 is 2.16 bits per heavy atom. The van der Waals surface area contributed by atoms with E-state index in [9.17, 15) is 4.39 Å². The van der Waals surface area contributed by atoms with Crippen LogP contribution in [-0.2, 0) is 6.42 Å². The van der Waals surface area contributed by atoms with Crippen LogP contribution in [0.1, 0.15) is 24.1 Å². The van der Waals surface area contributed by atoms with Gasteiger partial charge in [0.15, 0.2) is 0 Å². The largest absolute Gasteiger partial charge is 0.349 e. The SMILES string of the molecule is CC1c2ccc(F)cc2CCN1c1ccncn1.Cl. The van der Waals surface area contributed by atoms with E-state index in [1.165, 1.54) is 11.6 Å². The van der Waals surface area contributed by atoms with Gasteiger partial charge >= 0.3 is 0 Å². The number of rotatable bonds is 1. The molecule has 0 radical (unpaired) electrons. The van der Waals surface area contributed by atoms with Gasteiger partial charge in [0.25, 0.3) is 0 Å². The minimum Gasteiger partial charge on any atom is -0.349 e. The predicted molar refractivity (Wildman–Crippen MR) is 75.1 cm³/mol. The van der Waals surface area contributed by atoms with Crippen LogP contribution in [-0.4, -0.2) is 16.5 Å². The van der Waals surface area contributed by atoms with E-state index in [0.717, 1.165) is 24.3 Å². The maximum absolute atomic E-state index is 13.2. The summed E-state index contributed by atoms with van der Waals surface area (Å²) in [5.74, 6) is 0.768. The van der Waals surface area contributed by atoms with Crippen LogP contribution in [0, 0.1) is 5.82 Å². The molecule has 1 unspecified atom stereocenters. The standard InChI is InChI=1S/C14H14FN3.ClH/c1-10-13-3-2-12(15)8-11(13)5-7-18(10)14-4-6-16-9-17-14;/h2-4,6,8-10H,5,7H2,1H3;1H. The molecule has 0 bridgehead atoms. The monoisotopic (exact) mass is 279 g/mol. The van der Waals surface area contributed by atoms with Crippen molar-refractivity contribution in [3.8, 4) is 0 Å². The van der Waals surface area contributed by atoms with Gasteiger partial charge in [-0.3, -0.25) is 0 Å². The molecule has 100 valence electrons. The zero-order chi connectivity index (χ0) is 12.5. The molecule has 5 heteroatoms. The maximum Gasteiger partial charge on any atom is 0.132 e. The van der Waals surface area contributed by atoms with Gasteiger partial charge in [0.1, 0.15) is 18.0 Å². The highest BCUT2D eigenvalue weighted by molar-refractivity contribution is 5.85. The molecule has 1 aromatic carbocycles. The summed E-state index contributed by atoms with van der Waals surface area (Å²) in [6, 6.07) is 7.17. The quantitative estimate of drug-likeness (QED) is 0.803. The van der Waals surface area contributed by atoms with Crippen LogP contribution in [0.2, 0.25) is 0 Å². The van der Waals surface area contributed by atoms with Gasteiger partial charge in [-0.1, -0.05) is 6.07 Å². The molecule has 0 spiro atoms. The molecule has 3 rings (SSSR count). The van der Waals surface area contributed by atoms with Crippen molar-refractivity contribution >= 4 is 18.2 Å². The Hall–Kier alpha value is -1.68. The summed E-state index contributed by atoms with van der Waals surface area (Å²) in [7, 11) is 0. The third-order valence-corrected chi connectivity index (χ3v) is 3.51. The molecular formula is C14H15ClFN3. The molecule has 0 N–H and O–H groups in total. The Morgan fingerprint density at radius 3 is 2.89 bits per heavy atom. The zero-order valence-electron chi connectivity index (χ0n) is 10.6. The molecule has 1 aliphatic heterocycles. The van der Waals surface area contributed by atoms with Gasteiger partial charge in [-0.15, -0.1) is 12.4 Å². The molecule has 1 aromatic heterocycles. The summed E-state index contributed by atoms with van der Waals surface area (Å²) in [6.45, 7) is 2.98. The Balaban J connectivity index is 0.00000133. The van der Waals surface area contributed by atoms with Crippen molar-refractivity contribution in [1.29, 1.82) is 0 Å². The van der Waals surface area contributed by atoms with Gasteiger partial charge in [-0.05, 0) is 42.7 Å². The van der Waals surface area contributed by atoms with Crippen molar-refractivity contribution in [2.24, 2.45) is 0 Å². The third kappa shape index (κ3) is 2.54. The van der Waals surface area contributed by atoms with Crippen LogP contribution in [0.3, 0.4) is 0 Å². The number of aromatic nitrogens is 2. The van der Waals surface area contributed by atoms with Gasteiger partial charge in [0.2, 0.25) is 0 Å². The average Bonchev–Trinajstić information content (AvgIpc) is 2.40. The molecule has 0 saturated carbocycles. The van der Waals surface area contributed by atoms with Crippen molar-refractivity contribution in [3.63, 3.8) is 0 Å². The summed E-state index contributed by atoms with van der Waals surface area (Å²) >= 11 is 0. The first-order valence-electron chi connectivity index (χ1n) is 6.06. The third-order valence-electron chi connectivity index (χ3n) is 3.51. The number of nitrogens with zero attached hydrogens (tertiary/aromatic N) is 3. The highest BCUT2D eigenvalue weighted by Crippen LogP contribution is 2.32. The number of anilines is 1. The van der Waals surface area contributed by atoms with Crippen LogP contribution >= 0.6 is 12.4 Å². The van der Waals surface area contributed by atoms with E-state index in [0.29, 0.717) is 0 Å². The summed E-state index contributed by atoms with van der Waals surface area (Å²) in [5, 5.41) is 0. The van der Waals surface area contributed by atoms with E-state index in [-0.39, 0.29) is 24.3 Å². The summed E-state index contributed by atoms with van der Waals surface area (Å²) in [4.78, 5) is 10.4. The Morgan fingerprint density at radius 1 is 1.32 bits per heavy atom. The molecule has 2 aromatic rings. The smallest absolute Gasteiger partial charge is 0.132 e. The normalized spacial score (nSPS) is 17.6. The van der Waals surface area contributed by atoms with Crippen molar-refractivity contribution in [1.82, 2.24) is 9.97 Å². The second-order valence-corrected chi connectivity index (χ2v) is 4.53. The molecule has 1 atom stereocenters. The Kier molecular flexibility index (Phi) is 4.00. The lowest BCUT2D eigenvalue weighted by Crippen LogP contribution is -2.34. The first-order chi connectivity index (χ1) is 8.75. The van der Waals surface area contributed by atoms with Crippen LogP contribution < -0.4 is 4.90 Å². The van der Waals surface area contributed by atoms with Gasteiger partial charge in [0, 0.05) is 12.7 Å². The topological polar surface area (TPSA) is 29.0 Å². The van der Waals surface area contributed by atoms with Gasteiger partial charge in [0.05, 0.1) is 6.04 Å². The van der Waals surface area contributed by atoms with Gasteiger partial charge < -0.3 is 4.90 Å². The lowest BCUT2D eigenvalue weighted by molar-refractivity contribution is 0.594. The Bertz CT molecular complexity index is 562. The zero-order valence-corrected chi connectivity index (χ0v) is 11.4. The number of halogens is 2. The van der Waals surface area contributed by atoms with Crippen LogP contribution in [0.15, 0.2) is 36.8 Å². The highest BCUT2D eigenvalue weighted by Gasteiger charge is 2.24. The average molecular weight is 280 g/mol. The van der Waals surface area contributed by atoms with E-state index in [2.05, 4.69) is 21.8 Å². The van der Waals surface area contributed by atoms with E-state index in [4.69, 9.17) is 0 Å². The molecule has 3 nitrogen and oxygen atoms in total. The van der Waals surface area contributed by atoms with E-state index in [1.54, 1.807) is 18.6 Å². The van der Waals surface area contributed by atoms with Crippen molar-refractivity contribution < 1.29 is 4.39 Å². The van der Waals surface area contributed by atoms with Crippen LogP contribution in [0.4, 0.5) is 10.2 Å². The summed E-state index contributed by atoms with van der Waals surface area (Å²) in [5.41, 5.74) is 2.29. The fourth-order valence-corrected chi connectivity index (χ4v) is 2.57. The molecule has 1 aliphatic rings. The number of hydrogen-bond acceptors (Lipinski definition) is 3. The van der Waals surface area contributed by atoms with Crippen molar-refractivity contribution in [2.45, 2.75) is 19.4 Å². The molecule has 19 heavy (non-hydrogen) atoms. The predicted octanol–water partition coefficient (Wildman–Crippen LogP) is 3.16. The first-order valence-corrected chi connectivity index (χ1v) is 6.06. The summed E-state index contributed by atoms with van der Waals surface area (Å²) < 4.78 is 13.2. The van der Waals surface area contributed by atoms with Crippen LogP contribution in [0.25, 0.3) is 0 Å². The lowest BCUT2D eigenvalue weighted by Gasteiger charge is -2.36. The van der Waals surface area contributed by atoms with Crippen molar-refractivity contribution in [2.75, 3.05) is 11.4 Å². The molecule has 0 saturated heterocycles. The van der Waals surface area contributed by atoms with E-state index in [1.807, 2.05) is 12.1 Å². The minimum atomic E-state index is -0.156. The molecule has 0 fully saturated rings. The minimum absolute atomic E-state index is 0. The molecule has 2 heterocycles. The number of hydrogen-bond donors (Lipinski definition) is 0. The van der Waals surface area contributed by atoms with E-state index >= 15 is 0 Å². The van der Waals surface area contributed by atoms with Crippen molar-refractivity contribution in [3.05, 3.63) is 53.7 Å². The van der Waals surface area contributed by atoms with E-state index < -0.39 is 0 Å². The second kappa shape index (κ2) is 5.53. The molecule has 0 amide bonds. The Labute approximate surface area is 117 Å². The van der Waals surface area contributed by atoms with Gasteiger partial charge in [-0.25, -0.2) is 14.4 Å². The lowest BCUT2D eigenvalue weighted by atomic mass is 9.93. The fraction of sp³-hybridized carbons (Fsp3) is 0.286. The maximum atomic E-state index is 13.2.